The second-order valence-corrected chi connectivity index (χ2v) is 7.45. The number of H-pyrrole nitrogens is 1. The van der Waals surface area contributed by atoms with Gasteiger partial charge in [-0.2, -0.15) is 0 Å². The van der Waals surface area contributed by atoms with Gasteiger partial charge in [-0.3, -0.25) is 9.69 Å². The number of benzene rings is 2. The Labute approximate surface area is 168 Å². The highest BCUT2D eigenvalue weighted by Gasteiger charge is 2.16. The van der Waals surface area contributed by atoms with Crippen LogP contribution in [-0.4, -0.2) is 49.3 Å². The number of pyridine rings is 1. The number of furan rings is 1. The maximum atomic E-state index is 12.5. The monoisotopic (exact) mass is 392 g/mol. The molecule has 150 valence electrons. The third-order valence-electron chi connectivity index (χ3n) is 5.56. The van der Waals surface area contributed by atoms with E-state index in [2.05, 4.69) is 9.88 Å². The molecule has 0 spiro atoms. The van der Waals surface area contributed by atoms with Crippen LogP contribution < -0.4 is 10.3 Å². The number of ether oxygens (including phenoxy) is 2. The summed E-state index contributed by atoms with van der Waals surface area (Å²) in [5.74, 6) is 0.718. The molecule has 1 fully saturated rings. The average Bonchev–Trinajstić information content (AvgIpc) is 3.14. The van der Waals surface area contributed by atoms with E-state index in [-0.39, 0.29) is 5.56 Å². The predicted octanol–water partition coefficient (Wildman–Crippen LogP) is 3.92. The average molecular weight is 392 g/mol. The van der Waals surface area contributed by atoms with E-state index in [1.54, 1.807) is 0 Å². The highest BCUT2D eigenvalue weighted by molar-refractivity contribution is 6.13. The Balaban J connectivity index is 1.36. The summed E-state index contributed by atoms with van der Waals surface area (Å²) in [6.45, 7) is 5.42. The maximum absolute atomic E-state index is 12.5. The molecule has 0 radical (unpaired) electrons. The molecule has 0 amide bonds. The van der Waals surface area contributed by atoms with Crippen molar-refractivity contribution in [3.05, 3.63) is 52.8 Å². The highest BCUT2D eigenvalue weighted by Crippen LogP contribution is 2.35. The van der Waals surface area contributed by atoms with Crippen molar-refractivity contribution in [2.24, 2.45) is 0 Å². The molecule has 0 unspecified atom stereocenters. The Morgan fingerprint density at radius 2 is 1.72 bits per heavy atom. The van der Waals surface area contributed by atoms with Crippen LogP contribution in [0.1, 0.15) is 12.8 Å². The van der Waals surface area contributed by atoms with Crippen LogP contribution in [0.3, 0.4) is 0 Å². The van der Waals surface area contributed by atoms with Crippen molar-refractivity contribution in [1.29, 1.82) is 0 Å². The number of morpholine rings is 1. The number of nitrogens with zero attached hydrogens (tertiary/aromatic N) is 1. The largest absolute Gasteiger partial charge is 0.490 e. The van der Waals surface area contributed by atoms with Crippen LogP contribution in [0, 0.1) is 0 Å². The molecule has 6 heteroatoms. The minimum atomic E-state index is -0.106. The molecule has 2 aromatic heterocycles. The summed E-state index contributed by atoms with van der Waals surface area (Å²) >= 11 is 0. The van der Waals surface area contributed by atoms with E-state index in [9.17, 15) is 4.79 Å². The Morgan fingerprint density at radius 1 is 0.931 bits per heavy atom. The van der Waals surface area contributed by atoms with Gasteiger partial charge in [0.05, 0.1) is 30.7 Å². The molecular weight excluding hydrogens is 368 g/mol. The molecule has 1 N–H and O–H groups in total. The van der Waals surface area contributed by atoms with E-state index in [1.807, 2.05) is 42.5 Å². The topological polar surface area (TPSA) is 67.7 Å². The summed E-state index contributed by atoms with van der Waals surface area (Å²) in [4.78, 5) is 17.9. The van der Waals surface area contributed by atoms with Gasteiger partial charge in [0, 0.05) is 23.9 Å². The zero-order valence-electron chi connectivity index (χ0n) is 16.3. The Bertz CT molecular complexity index is 1200. The van der Waals surface area contributed by atoms with Gasteiger partial charge in [0.1, 0.15) is 0 Å². The van der Waals surface area contributed by atoms with Crippen molar-refractivity contribution in [3.63, 3.8) is 0 Å². The van der Waals surface area contributed by atoms with Crippen molar-refractivity contribution >= 4 is 32.8 Å². The van der Waals surface area contributed by atoms with Gasteiger partial charge >= 0.3 is 0 Å². The van der Waals surface area contributed by atoms with E-state index in [4.69, 9.17) is 13.9 Å². The third kappa shape index (κ3) is 3.50. The molecule has 0 aliphatic carbocycles. The molecule has 1 aliphatic rings. The number of aromatic nitrogens is 1. The number of hydrogen-bond donors (Lipinski definition) is 1. The summed E-state index contributed by atoms with van der Waals surface area (Å²) in [7, 11) is 0. The SMILES string of the molecule is O=c1[nH]c2c3cccc(OCCCCN4CCOCC4)c3oc2c2ccccc12. The second kappa shape index (κ2) is 7.89. The standard InChI is InChI=1S/C23H24N2O4/c26-23-17-7-2-1-6-16(17)22-20(24-23)18-8-5-9-19(21(18)29-22)28-13-4-3-10-25-11-14-27-15-12-25/h1-2,5-9H,3-4,10-15H2,(H,24,26). The number of fused-ring (bicyclic) bond motifs is 5. The van der Waals surface area contributed by atoms with Crippen LogP contribution >= 0.6 is 0 Å². The van der Waals surface area contributed by atoms with Gasteiger partial charge in [-0.15, -0.1) is 0 Å². The Hall–Kier alpha value is -2.83. The number of rotatable bonds is 6. The van der Waals surface area contributed by atoms with E-state index in [0.29, 0.717) is 23.2 Å². The summed E-state index contributed by atoms with van der Waals surface area (Å²) in [6.07, 6.45) is 2.07. The fourth-order valence-corrected chi connectivity index (χ4v) is 4.03. The number of unbranched alkanes of at least 4 members (excludes halogenated alkanes) is 1. The predicted molar refractivity (Wildman–Crippen MR) is 114 cm³/mol. The van der Waals surface area contributed by atoms with Gasteiger partial charge in [0.15, 0.2) is 16.9 Å². The van der Waals surface area contributed by atoms with Crippen molar-refractivity contribution in [3.8, 4) is 5.75 Å². The number of para-hydroxylation sites is 1. The lowest BCUT2D eigenvalue weighted by Gasteiger charge is -2.26. The molecule has 1 aliphatic heterocycles. The molecule has 6 nitrogen and oxygen atoms in total. The lowest BCUT2D eigenvalue weighted by atomic mass is 10.1. The van der Waals surface area contributed by atoms with Gasteiger partial charge < -0.3 is 18.9 Å². The molecule has 5 rings (SSSR count). The zero-order chi connectivity index (χ0) is 19.6. The Kier molecular flexibility index (Phi) is 4.96. The first kappa shape index (κ1) is 18.2. The first-order valence-electron chi connectivity index (χ1n) is 10.2. The molecule has 0 saturated carbocycles. The van der Waals surface area contributed by atoms with Gasteiger partial charge in [0.2, 0.25) is 0 Å². The normalized spacial score (nSPS) is 15.4. The van der Waals surface area contributed by atoms with Gasteiger partial charge in [-0.05, 0) is 37.6 Å². The molecular formula is C23H24N2O4. The fourth-order valence-electron chi connectivity index (χ4n) is 4.03. The second-order valence-electron chi connectivity index (χ2n) is 7.45. The number of aromatic amines is 1. The van der Waals surface area contributed by atoms with Crippen molar-refractivity contribution in [1.82, 2.24) is 9.88 Å². The van der Waals surface area contributed by atoms with Crippen LogP contribution in [0.25, 0.3) is 32.8 Å². The zero-order valence-corrected chi connectivity index (χ0v) is 16.3. The van der Waals surface area contributed by atoms with Crippen molar-refractivity contribution < 1.29 is 13.9 Å². The number of hydrogen-bond acceptors (Lipinski definition) is 5. The first-order chi connectivity index (χ1) is 14.3. The molecule has 3 heterocycles. The van der Waals surface area contributed by atoms with Crippen molar-refractivity contribution in [2.45, 2.75) is 12.8 Å². The van der Waals surface area contributed by atoms with Crippen LogP contribution in [0.5, 0.6) is 5.75 Å². The van der Waals surface area contributed by atoms with Gasteiger partial charge in [-0.1, -0.05) is 24.3 Å². The molecule has 4 aromatic rings. The minimum Gasteiger partial charge on any atom is -0.490 e. The van der Waals surface area contributed by atoms with Crippen LogP contribution in [0.4, 0.5) is 0 Å². The lowest BCUT2D eigenvalue weighted by Crippen LogP contribution is -2.36. The molecule has 29 heavy (non-hydrogen) atoms. The maximum Gasteiger partial charge on any atom is 0.256 e. The molecule has 2 aromatic carbocycles. The summed E-state index contributed by atoms with van der Waals surface area (Å²) in [5, 5.41) is 2.32. The van der Waals surface area contributed by atoms with Gasteiger partial charge in [-0.25, -0.2) is 0 Å². The quantitative estimate of drug-likeness (QED) is 0.504. The van der Waals surface area contributed by atoms with Crippen LogP contribution in [-0.2, 0) is 4.74 Å². The summed E-state index contributed by atoms with van der Waals surface area (Å²) in [5.41, 5.74) is 1.99. The molecule has 1 saturated heterocycles. The number of nitrogens with one attached hydrogen (secondary N) is 1. The van der Waals surface area contributed by atoms with E-state index in [0.717, 1.165) is 67.7 Å². The fraction of sp³-hybridized carbons (Fsp3) is 0.348. The highest BCUT2D eigenvalue weighted by atomic mass is 16.5. The lowest BCUT2D eigenvalue weighted by molar-refractivity contribution is 0.0368. The smallest absolute Gasteiger partial charge is 0.256 e. The molecule has 0 bridgehead atoms. The van der Waals surface area contributed by atoms with E-state index < -0.39 is 0 Å². The minimum absolute atomic E-state index is 0.106. The summed E-state index contributed by atoms with van der Waals surface area (Å²) < 4.78 is 17.6. The van der Waals surface area contributed by atoms with Crippen LogP contribution in [0.15, 0.2) is 51.7 Å². The summed E-state index contributed by atoms with van der Waals surface area (Å²) in [6, 6.07) is 13.3. The first-order valence-corrected chi connectivity index (χ1v) is 10.2. The van der Waals surface area contributed by atoms with E-state index >= 15 is 0 Å². The third-order valence-corrected chi connectivity index (χ3v) is 5.56. The van der Waals surface area contributed by atoms with Gasteiger partial charge in [0.25, 0.3) is 5.56 Å². The van der Waals surface area contributed by atoms with E-state index in [1.165, 1.54) is 0 Å². The van der Waals surface area contributed by atoms with Crippen LogP contribution in [0.2, 0.25) is 0 Å². The van der Waals surface area contributed by atoms with Crippen molar-refractivity contribution in [2.75, 3.05) is 39.5 Å². The Morgan fingerprint density at radius 3 is 2.59 bits per heavy atom. The molecule has 0 atom stereocenters.